The number of rotatable bonds is 6. The van der Waals surface area contributed by atoms with Crippen LogP contribution < -0.4 is 5.32 Å². The first kappa shape index (κ1) is 17.2. The number of hydrogen-bond donors (Lipinski definition) is 2. The van der Waals surface area contributed by atoms with Crippen LogP contribution in [0.1, 0.15) is 19.8 Å². The normalized spacial score (nSPS) is 17.7. The number of aliphatic imine (C=N–C) groups is 1. The van der Waals surface area contributed by atoms with Gasteiger partial charge in [-0.3, -0.25) is 4.99 Å². The van der Waals surface area contributed by atoms with Crippen molar-refractivity contribution in [2.75, 3.05) is 31.9 Å². The van der Waals surface area contributed by atoms with E-state index in [1.807, 2.05) is 6.92 Å². The Labute approximate surface area is 135 Å². The summed E-state index contributed by atoms with van der Waals surface area (Å²) in [5.74, 6) is 0.462. The van der Waals surface area contributed by atoms with Crippen molar-refractivity contribution in [1.82, 2.24) is 10.2 Å². The Morgan fingerprint density at radius 3 is 2.82 bits per heavy atom. The molecular weight excluding hydrogens is 322 g/mol. The third-order valence-electron chi connectivity index (χ3n) is 3.41. The highest BCUT2D eigenvalue weighted by molar-refractivity contribution is 7.93. The second kappa shape index (κ2) is 7.94. The van der Waals surface area contributed by atoms with Crippen molar-refractivity contribution in [2.24, 2.45) is 4.99 Å². The minimum atomic E-state index is -3.43. The summed E-state index contributed by atoms with van der Waals surface area (Å²) in [5, 5.41) is 14.9. The van der Waals surface area contributed by atoms with E-state index in [0.717, 1.165) is 38.4 Å². The Morgan fingerprint density at radius 1 is 1.50 bits per heavy atom. The van der Waals surface area contributed by atoms with Crippen molar-refractivity contribution in [3.63, 3.8) is 0 Å². The summed E-state index contributed by atoms with van der Waals surface area (Å²) in [4.78, 5) is 6.52. The first-order valence-electron chi connectivity index (χ1n) is 7.50. The molecule has 1 unspecified atom stereocenters. The van der Waals surface area contributed by atoms with E-state index in [1.54, 1.807) is 17.5 Å². The molecule has 6 nitrogen and oxygen atoms in total. The molecule has 0 amide bonds. The minimum Gasteiger partial charge on any atom is -0.390 e. The molecule has 1 atom stereocenters. The van der Waals surface area contributed by atoms with E-state index in [2.05, 4.69) is 15.2 Å². The number of sulfone groups is 1. The van der Waals surface area contributed by atoms with Gasteiger partial charge in [0.1, 0.15) is 4.21 Å². The number of aliphatic hydroxyl groups excluding tert-OH is 1. The van der Waals surface area contributed by atoms with Gasteiger partial charge in [-0.15, -0.1) is 11.3 Å². The molecule has 1 saturated heterocycles. The van der Waals surface area contributed by atoms with Gasteiger partial charge in [0.15, 0.2) is 15.8 Å². The summed E-state index contributed by atoms with van der Waals surface area (Å²) >= 11 is 1.17. The SMILES string of the molecule is CCNC(=NCC(O)CS(=O)(=O)c1cccs1)N1CCCC1. The number of likely N-dealkylation sites (tertiary alicyclic amines) is 1. The lowest BCUT2D eigenvalue weighted by Crippen LogP contribution is -2.40. The van der Waals surface area contributed by atoms with Gasteiger partial charge < -0.3 is 15.3 Å². The van der Waals surface area contributed by atoms with Crippen LogP contribution in [0, 0.1) is 0 Å². The number of nitrogens with zero attached hydrogens (tertiary/aromatic N) is 2. The van der Waals surface area contributed by atoms with Crippen molar-refractivity contribution < 1.29 is 13.5 Å². The number of thiophene rings is 1. The fraction of sp³-hybridized carbons (Fsp3) is 0.643. The topological polar surface area (TPSA) is 82.0 Å². The van der Waals surface area contributed by atoms with Gasteiger partial charge in [-0.2, -0.15) is 0 Å². The van der Waals surface area contributed by atoms with Gasteiger partial charge in [-0.05, 0) is 31.2 Å². The molecule has 2 N–H and O–H groups in total. The van der Waals surface area contributed by atoms with Crippen LogP contribution in [0.4, 0.5) is 0 Å². The molecule has 0 saturated carbocycles. The Hall–Kier alpha value is -1.12. The predicted molar refractivity (Wildman–Crippen MR) is 89.2 cm³/mol. The van der Waals surface area contributed by atoms with Crippen molar-refractivity contribution in [2.45, 2.75) is 30.1 Å². The van der Waals surface area contributed by atoms with Gasteiger partial charge >= 0.3 is 0 Å². The Bertz CT molecular complexity index is 578. The first-order chi connectivity index (χ1) is 10.5. The molecule has 0 bridgehead atoms. The van der Waals surface area contributed by atoms with Crippen LogP contribution in [0.3, 0.4) is 0 Å². The molecule has 1 aromatic rings. The summed E-state index contributed by atoms with van der Waals surface area (Å²) in [6, 6.07) is 3.25. The fourth-order valence-electron chi connectivity index (χ4n) is 2.38. The third-order valence-corrected chi connectivity index (χ3v) is 6.69. The van der Waals surface area contributed by atoms with E-state index in [4.69, 9.17) is 0 Å². The van der Waals surface area contributed by atoms with Gasteiger partial charge in [0, 0.05) is 19.6 Å². The summed E-state index contributed by atoms with van der Waals surface area (Å²) in [7, 11) is -3.43. The number of aliphatic hydroxyl groups is 1. The average Bonchev–Trinajstić information content (AvgIpc) is 3.14. The molecule has 2 heterocycles. The molecule has 1 aliphatic rings. The maximum absolute atomic E-state index is 12.1. The molecule has 1 fully saturated rings. The maximum Gasteiger partial charge on any atom is 0.194 e. The van der Waals surface area contributed by atoms with Crippen LogP contribution in [0.5, 0.6) is 0 Å². The zero-order valence-electron chi connectivity index (χ0n) is 12.7. The molecule has 0 spiro atoms. The standard InChI is InChI=1S/C14H23N3O3S2/c1-2-15-14(17-7-3-4-8-17)16-10-12(18)11-22(19,20)13-6-5-9-21-13/h5-6,9,12,18H,2-4,7-8,10-11H2,1H3,(H,15,16). The fourth-order valence-corrected chi connectivity index (χ4v) is 4.84. The maximum atomic E-state index is 12.1. The van der Waals surface area contributed by atoms with Crippen molar-refractivity contribution in [3.05, 3.63) is 17.5 Å². The highest BCUT2D eigenvalue weighted by atomic mass is 32.2. The zero-order chi connectivity index (χ0) is 16.0. The van der Waals surface area contributed by atoms with Crippen LogP contribution in [0.15, 0.2) is 26.7 Å². The van der Waals surface area contributed by atoms with Crippen LogP contribution in [0.25, 0.3) is 0 Å². The molecule has 0 aromatic carbocycles. The quantitative estimate of drug-likeness (QED) is 0.592. The molecule has 8 heteroatoms. The number of nitrogens with one attached hydrogen (secondary N) is 1. The molecule has 1 aromatic heterocycles. The Kier molecular flexibility index (Phi) is 6.22. The summed E-state index contributed by atoms with van der Waals surface area (Å²) < 4.78 is 24.5. The molecular formula is C14H23N3O3S2. The van der Waals surface area contributed by atoms with E-state index in [9.17, 15) is 13.5 Å². The van der Waals surface area contributed by atoms with Crippen molar-refractivity contribution in [3.8, 4) is 0 Å². The van der Waals surface area contributed by atoms with E-state index in [1.165, 1.54) is 11.3 Å². The molecule has 124 valence electrons. The third kappa shape index (κ3) is 4.69. The Morgan fingerprint density at radius 2 is 2.23 bits per heavy atom. The molecule has 1 aliphatic heterocycles. The van der Waals surface area contributed by atoms with E-state index >= 15 is 0 Å². The molecule has 22 heavy (non-hydrogen) atoms. The lowest BCUT2D eigenvalue weighted by Gasteiger charge is -2.21. The van der Waals surface area contributed by atoms with Gasteiger partial charge in [-0.1, -0.05) is 6.07 Å². The van der Waals surface area contributed by atoms with Crippen LogP contribution in [0.2, 0.25) is 0 Å². The largest absolute Gasteiger partial charge is 0.390 e. The smallest absolute Gasteiger partial charge is 0.194 e. The van der Waals surface area contributed by atoms with Gasteiger partial charge in [0.2, 0.25) is 0 Å². The van der Waals surface area contributed by atoms with Crippen LogP contribution in [-0.4, -0.2) is 62.4 Å². The van der Waals surface area contributed by atoms with Gasteiger partial charge in [0.25, 0.3) is 0 Å². The summed E-state index contributed by atoms with van der Waals surface area (Å²) in [6.07, 6.45) is 1.28. The minimum absolute atomic E-state index is 0.0867. The van der Waals surface area contributed by atoms with Gasteiger partial charge in [-0.25, -0.2) is 8.42 Å². The van der Waals surface area contributed by atoms with Gasteiger partial charge in [0.05, 0.1) is 18.4 Å². The van der Waals surface area contributed by atoms with E-state index in [0.29, 0.717) is 4.21 Å². The number of guanidine groups is 1. The van der Waals surface area contributed by atoms with Crippen LogP contribution in [-0.2, 0) is 9.84 Å². The summed E-state index contributed by atoms with van der Waals surface area (Å²) in [6.45, 7) is 4.73. The van der Waals surface area contributed by atoms with Crippen LogP contribution >= 0.6 is 11.3 Å². The Balaban J connectivity index is 1.95. The zero-order valence-corrected chi connectivity index (χ0v) is 14.4. The molecule has 0 radical (unpaired) electrons. The summed E-state index contributed by atoms with van der Waals surface area (Å²) in [5.41, 5.74) is 0. The lowest BCUT2D eigenvalue weighted by molar-refractivity contribution is 0.205. The second-order valence-corrected chi connectivity index (χ2v) is 8.46. The molecule has 0 aliphatic carbocycles. The van der Waals surface area contributed by atoms with E-state index < -0.39 is 15.9 Å². The second-order valence-electron chi connectivity index (χ2n) is 5.26. The lowest BCUT2D eigenvalue weighted by atomic mass is 10.4. The highest BCUT2D eigenvalue weighted by Crippen LogP contribution is 2.18. The van der Waals surface area contributed by atoms with Crippen molar-refractivity contribution in [1.29, 1.82) is 0 Å². The monoisotopic (exact) mass is 345 g/mol. The van der Waals surface area contributed by atoms with E-state index in [-0.39, 0.29) is 12.3 Å². The van der Waals surface area contributed by atoms with Crippen molar-refractivity contribution >= 4 is 27.1 Å². The first-order valence-corrected chi connectivity index (χ1v) is 10.0. The highest BCUT2D eigenvalue weighted by Gasteiger charge is 2.21. The number of hydrogen-bond acceptors (Lipinski definition) is 5. The average molecular weight is 345 g/mol. The predicted octanol–water partition coefficient (Wildman–Crippen LogP) is 0.944. The molecule has 2 rings (SSSR count).